The van der Waals surface area contributed by atoms with Crippen LogP contribution >= 0.6 is 11.8 Å². The maximum Gasteiger partial charge on any atom is 0.324 e. The molecule has 0 heterocycles. The van der Waals surface area contributed by atoms with Crippen molar-refractivity contribution in [3.05, 3.63) is 59.9 Å². The standard InChI is InChI=1S/C21H23FN2O7S2/c1-30-17-9-5-3-7-14(17)20(26)23-19(25)13-31-21(27)16(11-12-32-2)24-33(28,29)18-10-6-4-8-15(18)22/h3-10,16,24H,11-13H2,1-2H3,(H,23,25,26). The Kier molecular flexibility index (Phi) is 9.82. The summed E-state index contributed by atoms with van der Waals surface area (Å²) in [4.78, 5) is 36.2. The van der Waals surface area contributed by atoms with Gasteiger partial charge >= 0.3 is 5.97 Å². The molecule has 2 N–H and O–H groups in total. The molecule has 1 atom stereocenters. The van der Waals surface area contributed by atoms with Crippen molar-refractivity contribution in [3.63, 3.8) is 0 Å². The molecule has 2 aromatic carbocycles. The Balaban J connectivity index is 2.02. The summed E-state index contributed by atoms with van der Waals surface area (Å²) in [6.45, 7) is -0.823. The molecule has 0 aliphatic heterocycles. The molecule has 12 heteroatoms. The predicted octanol–water partition coefficient (Wildman–Crippen LogP) is 1.73. The smallest absolute Gasteiger partial charge is 0.324 e. The van der Waals surface area contributed by atoms with E-state index in [2.05, 4.69) is 10.0 Å². The number of halogens is 1. The number of esters is 1. The lowest BCUT2D eigenvalue weighted by Gasteiger charge is -2.17. The van der Waals surface area contributed by atoms with E-state index in [0.29, 0.717) is 5.75 Å². The number of imide groups is 1. The summed E-state index contributed by atoms with van der Waals surface area (Å²) in [5, 5.41) is 2.06. The van der Waals surface area contributed by atoms with Crippen LogP contribution in [0.5, 0.6) is 5.75 Å². The number of ether oxygens (including phenoxy) is 2. The fourth-order valence-corrected chi connectivity index (χ4v) is 4.44. The minimum Gasteiger partial charge on any atom is -0.496 e. The highest BCUT2D eigenvalue weighted by Gasteiger charge is 2.29. The van der Waals surface area contributed by atoms with Crippen LogP contribution in [0.15, 0.2) is 53.4 Å². The van der Waals surface area contributed by atoms with Crippen LogP contribution in [0.25, 0.3) is 0 Å². The quantitative estimate of drug-likeness (QED) is 0.449. The molecule has 2 rings (SSSR count). The number of carbonyl (C=O) groups excluding carboxylic acids is 3. The van der Waals surface area contributed by atoms with Gasteiger partial charge < -0.3 is 9.47 Å². The van der Waals surface area contributed by atoms with Crippen LogP contribution in [0.2, 0.25) is 0 Å². The van der Waals surface area contributed by atoms with Gasteiger partial charge in [-0.25, -0.2) is 12.8 Å². The highest BCUT2D eigenvalue weighted by molar-refractivity contribution is 7.98. The lowest BCUT2D eigenvalue weighted by molar-refractivity contribution is -0.150. The Morgan fingerprint density at radius 1 is 1.09 bits per heavy atom. The molecule has 2 amide bonds. The number of benzene rings is 2. The maximum absolute atomic E-state index is 13.9. The third kappa shape index (κ3) is 7.55. The van der Waals surface area contributed by atoms with Gasteiger partial charge in [0.1, 0.15) is 22.5 Å². The average Bonchev–Trinajstić information content (AvgIpc) is 2.80. The van der Waals surface area contributed by atoms with Crippen LogP contribution in [-0.4, -0.2) is 58.0 Å². The number of amides is 2. The number of carbonyl (C=O) groups is 3. The molecule has 0 aliphatic carbocycles. The summed E-state index contributed by atoms with van der Waals surface area (Å²) >= 11 is 1.35. The van der Waals surface area contributed by atoms with Crippen LogP contribution in [0.3, 0.4) is 0 Å². The summed E-state index contributed by atoms with van der Waals surface area (Å²) < 4.78 is 51.1. The second kappa shape index (κ2) is 12.3. The molecule has 0 bridgehead atoms. The first kappa shape index (κ1) is 26.3. The van der Waals surface area contributed by atoms with Crippen molar-refractivity contribution in [1.29, 1.82) is 0 Å². The Bertz CT molecular complexity index is 1110. The first-order valence-corrected chi connectivity index (χ1v) is 12.5. The van der Waals surface area contributed by atoms with Gasteiger partial charge in [0.05, 0.1) is 12.7 Å². The summed E-state index contributed by atoms with van der Waals surface area (Å²) in [7, 11) is -3.00. The van der Waals surface area contributed by atoms with Gasteiger partial charge in [-0.3, -0.25) is 19.7 Å². The normalized spacial score (nSPS) is 12.0. The van der Waals surface area contributed by atoms with E-state index in [1.165, 1.54) is 43.1 Å². The van der Waals surface area contributed by atoms with Crippen molar-refractivity contribution in [2.24, 2.45) is 0 Å². The van der Waals surface area contributed by atoms with Gasteiger partial charge in [0.25, 0.3) is 11.8 Å². The van der Waals surface area contributed by atoms with E-state index in [0.717, 1.165) is 12.1 Å². The van der Waals surface area contributed by atoms with E-state index in [-0.39, 0.29) is 17.7 Å². The lowest BCUT2D eigenvalue weighted by Crippen LogP contribution is -2.43. The molecule has 0 aliphatic rings. The fraction of sp³-hybridized carbons (Fsp3) is 0.286. The highest BCUT2D eigenvalue weighted by Crippen LogP contribution is 2.17. The Labute approximate surface area is 195 Å². The van der Waals surface area contributed by atoms with E-state index in [9.17, 15) is 27.2 Å². The van der Waals surface area contributed by atoms with Crippen molar-refractivity contribution in [2.75, 3.05) is 25.7 Å². The number of hydrogen-bond acceptors (Lipinski definition) is 8. The third-order valence-electron chi connectivity index (χ3n) is 4.27. The number of para-hydroxylation sites is 1. The van der Waals surface area contributed by atoms with Gasteiger partial charge in [-0.15, -0.1) is 0 Å². The minimum absolute atomic E-state index is 0.0371. The molecule has 178 valence electrons. The largest absolute Gasteiger partial charge is 0.496 e. The highest BCUT2D eigenvalue weighted by atomic mass is 32.2. The molecule has 1 unspecified atom stereocenters. The fourth-order valence-electron chi connectivity index (χ4n) is 2.67. The molecular weight excluding hydrogens is 475 g/mol. The third-order valence-corrected chi connectivity index (χ3v) is 6.42. The predicted molar refractivity (Wildman–Crippen MR) is 120 cm³/mol. The Hall–Kier alpha value is -2.96. The van der Waals surface area contributed by atoms with Crippen molar-refractivity contribution in [2.45, 2.75) is 17.4 Å². The molecule has 0 saturated carbocycles. The number of nitrogens with one attached hydrogen (secondary N) is 2. The zero-order valence-electron chi connectivity index (χ0n) is 17.9. The van der Waals surface area contributed by atoms with Crippen LogP contribution < -0.4 is 14.8 Å². The molecular formula is C21H23FN2O7S2. The zero-order chi connectivity index (χ0) is 24.4. The van der Waals surface area contributed by atoms with Crippen molar-refractivity contribution in [3.8, 4) is 5.75 Å². The Morgan fingerprint density at radius 3 is 2.42 bits per heavy atom. The van der Waals surface area contributed by atoms with Crippen molar-refractivity contribution >= 4 is 39.6 Å². The Morgan fingerprint density at radius 2 is 1.76 bits per heavy atom. The van der Waals surface area contributed by atoms with Gasteiger partial charge in [-0.1, -0.05) is 24.3 Å². The summed E-state index contributed by atoms with van der Waals surface area (Å²) in [6, 6.07) is 9.57. The van der Waals surface area contributed by atoms with E-state index >= 15 is 0 Å². The molecule has 33 heavy (non-hydrogen) atoms. The SMILES string of the molecule is COc1ccccc1C(=O)NC(=O)COC(=O)C(CCSC)NS(=O)(=O)c1ccccc1F. The van der Waals surface area contributed by atoms with Gasteiger partial charge in [0, 0.05) is 0 Å². The van der Waals surface area contributed by atoms with Crippen molar-refractivity contribution in [1.82, 2.24) is 10.0 Å². The molecule has 0 saturated heterocycles. The zero-order valence-corrected chi connectivity index (χ0v) is 19.5. The summed E-state index contributed by atoms with van der Waals surface area (Å²) in [5.41, 5.74) is 0.107. The molecule has 0 spiro atoms. The monoisotopic (exact) mass is 498 g/mol. The lowest BCUT2D eigenvalue weighted by atomic mass is 10.2. The number of sulfonamides is 1. The van der Waals surface area contributed by atoms with Crippen LogP contribution in [0.1, 0.15) is 16.8 Å². The van der Waals surface area contributed by atoms with E-state index in [1.807, 2.05) is 0 Å². The number of rotatable bonds is 11. The van der Waals surface area contributed by atoms with Gasteiger partial charge in [0.2, 0.25) is 10.0 Å². The molecule has 0 aromatic heterocycles. The van der Waals surface area contributed by atoms with E-state index in [4.69, 9.17) is 9.47 Å². The van der Waals surface area contributed by atoms with Crippen LogP contribution in [0, 0.1) is 5.82 Å². The number of thioether (sulfide) groups is 1. The summed E-state index contributed by atoms with van der Waals surface area (Å²) in [5.74, 6) is -3.05. The first-order valence-electron chi connectivity index (χ1n) is 9.59. The summed E-state index contributed by atoms with van der Waals surface area (Å²) in [6.07, 6.45) is 1.79. The minimum atomic E-state index is -4.37. The topological polar surface area (TPSA) is 128 Å². The van der Waals surface area contributed by atoms with Gasteiger partial charge in [-0.2, -0.15) is 16.5 Å². The van der Waals surface area contributed by atoms with E-state index < -0.39 is 51.2 Å². The second-order valence-corrected chi connectivity index (χ2v) is 9.24. The van der Waals surface area contributed by atoms with Gasteiger partial charge in [0.15, 0.2) is 6.61 Å². The van der Waals surface area contributed by atoms with Crippen molar-refractivity contribution < 1.29 is 36.7 Å². The maximum atomic E-state index is 13.9. The van der Waals surface area contributed by atoms with Gasteiger partial charge in [-0.05, 0) is 42.7 Å². The second-order valence-electron chi connectivity index (χ2n) is 6.57. The van der Waals surface area contributed by atoms with Crippen LogP contribution in [-0.2, 0) is 24.3 Å². The number of hydrogen-bond donors (Lipinski definition) is 2. The first-order chi connectivity index (χ1) is 15.7. The van der Waals surface area contributed by atoms with Crippen LogP contribution in [0.4, 0.5) is 4.39 Å². The average molecular weight is 499 g/mol. The molecule has 9 nitrogen and oxygen atoms in total. The molecule has 2 aromatic rings. The number of methoxy groups -OCH3 is 1. The molecule has 0 fully saturated rings. The molecule has 0 radical (unpaired) electrons. The van der Waals surface area contributed by atoms with E-state index in [1.54, 1.807) is 18.4 Å².